The monoisotopic (exact) mass is 285 g/mol. The molecule has 0 aliphatic rings. The molecule has 0 bridgehead atoms. The van der Waals surface area contributed by atoms with Crippen LogP contribution in [0.3, 0.4) is 0 Å². The van der Waals surface area contributed by atoms with Gasteiger partial charge < -0.3 is 10.3 Å². The van der Waals surface area contributed by atoms with Crippen molar-refractivity contribution in [3.63, 3.8) is 0 Å². The van der Waals surface area contributed by atoms with Crippen molar-refractivity contribution in [3.05, 3.63) is 34.7 Å². The van der Waals surface area contributed by atoms with Crippen molar-refractivity contribution in [2.24, 2.45) is 0 Å². The van der Waals surface area contributed by atoms with Crippen LogP contribution in [-0.4, -0.2) is 9.55 Å². The van der Waals surface area contributed by atoms with Gasteiger partial charge in [0.05, 0.1) is 21.6 Å². The summed E-state index contributed by atoms with van der Waals surface area (Å²) in [4.78, 5) is 5.92. The Morgan fingerprint density at radius 3 is 2.75 bits per heavy atom. The van der Waals surface area contributed by atoms with Crippen molar-refractivity contribution in [1.82, 2.24) is 9.55 Å². The zero-order chi connectivity index (χ0) is 14.3. The minimum Gasteiger partial charge on any atom is -0.397 e. The van der Waals surface area contributed by atoms with Gasteiger partial charge in [-0.15, -0.1) is 11.3 Å². The Bertz CT molecular complexity index is 767. The maximum absolute atomic E-state index is 6.21. The molecule has 0 fully saturated rings. The van der Waals surface area contributed by atoms with E-state index in [1.165, 1.54) is 11.1 Å². The fourth-order valence-electron chi connectivity index (χ4n) is 2.49. The van der Waals surface area contributed by atoms with Gasteiger partial charge >= 0.3 is 0 Å². The van der Waals surface area contributed by atoms with Crippen molar-refractivity contribution in [2.75, 3.05) is 5.73 Å². The third kappa shape index (κ3) is 2.00. The summed E-state index contributed by atoms with van der Waals surface area (Å²) in [6.07, 6.45) is 1.08. The number of nitrogen functional groups attached to an aromatic ring is 1. The summed E-state index contributed by atoms with van der Waals surface area (Å²) in [6.45, 7) is 7.30. The van der Waals surface area contributed by atoms with Gasteiger partial charge in [0.15, 0.2) is 5.82 Å². The number of aryl methyl sites for hydroxylation is 3. The van der Waals surface area contributed by atoms with Crippen LogP contribution in [0.2, 0.25) is 0 Å². The predicted octanol–water partition coefficient (Wildman–Crippen LogP) is 4.37. The van der Waals surface area contributed by atoms with E-state index in [4.69, 9.17) is 10.7 Å². The normalized spacial score (nSPS) is 11.3. The Balaban J connectivity index is 2.28. The van der Waals surface area contributed by atoms with Crippen LogP contribution in [0.4, 0.5) is 5.69 Å². The second-order valence-corrected chi connectivity index (χ2v) is 6.12. The second kappa shape index (κ2) is 4.94. The molecule has 0 radical (unpaired) electrons. The van der Waals surface area contributed by atoms with Gasteiger partial charge in [0.1, 0.15) is 0 Å². The molecule has 3 aromatic rings. The van der Waals surface area contributed by atoms with Gasteiger partial charge in [-0.05, 0) is 48.9 Å². The van der Waals surface area contributed by atoms with Gasteiger partial charge in [-0.1, -0.05) is 13.0 Å². The summed E-state index contributed by atoms with van der Waals surface area (Å²) >= 11 is 1.68. The summed E-state index contributed by atoms with van der Waals surface area (Å²) in [5.74, 6) is 1.00. The largest absolute Gasteiger partial charge is 0.397 e. The number of benzene rings is 1. The highest BCUT2D eigenvalue weighted by Gasteiger charge is 2.16. The van der Waals surface area contributed by atoms with Crippen molar-refractivity contribution < 1.29 is 0 Å². The third-order valence-electron chi connectivity index (χ3n) is 3.58. The molecular formula is C16H19N3S. The van der Waals surface area contributed by atoms with Gasteiger partial charge in [0, 0.05) is 6.54 Å². The SMILES string of the molecule is CCCn1c(-c2scc(C)c2N)nc2cc(C)ccc21. The Hall–Kier alpha value is -1.81. The molecule has 104 valence electrons. The number of hydrogen-bond acceptors (Lipinski definition) is 3. The quantitative estimate of drug-likeness (QED) is 0.776. The van der Waals surface area contributed by atoms with Crippen molar-refractivity contribution >= 4 is 28.1 Å². The highest BCUT2D eigenvalue weighted by atomic mass is 32.1. The Morgan fingerprint density at radius 2 is 2.10 bits per heavy atom. The van der Waals surface area contributed by atoms with Crippen LogP contribution in [0.15, 0.2) is 23.6 Å². The molecule has 1 aromatic carbocycles. The van der Waals surface area contributed by atoms with Gasteiger partial charge in [0.2, 0.25) is 0 Å². The number of rotatable bonds is 3. The molecule has 0 saturated carbocycles. The number of anilines is 1. The average molecular weight is 285 g/mol. The summed E-state index contributed by atoms with van der Waals surface area (Å²) < 4.78 is 2.29. The van der Waals surface area contributed by atoms with Gasteiger partial charge in [-0.3, -0.25) is 0 Å². The summed E-state index contributed by atoms with van der Waals surface area (Å²) in [6, 6.07) is 6.44. The predicted molar refractivity (Wildman–Crippen MR) is 87.2 cm³/mol. The van der Waals surface area contributed by atoms with Crippen LogP contribution in [-0.2, 0) is 6.54 Å². The van der Waals surface area contributed by atoms with Crippen LogP contribution < -0.4 is 5.73 Å². The Labute approximate surface area is 123 Å². The lowest BCUT2D eigenvalue weighted by atomic mass is 10.2. The number of hydrogen-bond donors (Lipinski definition) is 1. The van der Waals surface area contributed by atoms with Crippen molar-refractivity contribution in [2.45, 2.75) is 33.7 Å². The van der Waals surface area contributed by atoms with Gasteiger partial charge in [0.25, 0.3) is 0 Å². The van der Waals surface area contributed by atoms with E-state index < -0.39 is 0 Å². The highest BCUT2D eigenvalue weighted by molar-refractivity contribution is 7.14. The molecule has 0 amide bonds. The standard InChI is InChI=1S/C16H19N3S/c1-4-7-19-13-6-5-10(2)8-12(13)18-16(19)15-14(17)11(3)9-20-15/h5-6,8-9H,4,7,17H2,1-3H3. The second-order valence-electron chi connectivity index (χ2n) is 5.24. The molecular weight excluding hydrogens is 266 g/mol. The molecule has 20 heavy (non-hydrogen) atoms. The third-order valence-corrected chi connectivity index (χ3v) is 4.69. The Morgan fingerprint density at radius 1 is 1.30 bits per heavy atom. The topological polar surface area (TPSA) is 43.8 Å². The molecule has 0 aliphatic carbocycles. The maximum atomic E-state index is 6.21. The van der Waals surface area contributed by atoms with E-state index in [-0.39, 0.29) is 0 Å². The van der Waals surface area contributed by atoms with Crippen molar-refractivity contribution in [3.8, 4) is 10.7 Å². The fraction of sp³-hybridized carbons (Fsp3) is 0.312. The van der Waals surface area contributed by atoms with Crippen molar-refractivity contribution in [1.29, 1.82) is 0 Å². The zero-order valence-electron chi connectivity index (χ0n) is 12.1. The number of imidazole rings is 1. The zero-order valence-corrected chi connectivity index (χ0v) is 12.9. The van der Waals surface area contributed by atoms with E-state index >= 15 is 0 Å². The first-order chi connectivity index (χ1) is 9.61. The molecule has 0 saturated heterocycles. The van der Waals surface area contributed by atoms with Crippen LogP contribution in [0.1, 0.15) is 24.5 Å². The molecule has 2 N–H and O–H groups in total. The molecule has 0 aliphatic heterocycles. The summed E-state index contributed by atoms with van der Waals surface area (Å²) in [5, 5.41) is 2.10. The van der Waals surface area contributed by atoms with E-state index in [1.807, 2.05) is 6.92 Å². The van der Waals surface area contributed by atoms with Crippen LogP contribution in [0.5, 0.6) is 0 Å². The molecule has 3 nitrogen and oxygen atoms in total. The van der Waals surface area contributed by atoms with Crippen LogP contribution >= 0.6 is 11.3 Å². The fourth-order valence-corrected chi connectivity index (χ4v) is 3.46. The first-order valence-electron chi connectivity index (χ1n) is 6.92. The maximum Gasteiger partial charge on any atom is 0.153 e. The molecule has 0 spiro atoms. The van der Waals surface area contributed by atoms with Crippen LogP contribution in [0, 0.1) is 13.8 Å². The summed E-state index contributed by atoms with van der Waals surface area (Å²) in [7, 11) is 0. The molecule has 2 heterocycles. The molecule has 0 atom stereocenters. The van der Waals surface area contributed by atoms with E-state index in [0.29, 0.717) is 0 Å². The van der Waals surface area contributed by atoms with E-state index in [1.54, 1.807) is 11.3 Å². The summed E-state index contributed by atoms with van der Waals surface area (Å²) in [5.41, 5.74) is 11.7. The average Bonchev–Trinajstić information content (AvgIpc) is 2.92. The smallest absolute Gasteiger partial charge is 0.153 e. The highest BCUT2D eigenvalue weighted by Crippen LogP contribution is 2.36. The van der Waals surface area contributed by atoms with E-state index in [0.717, 1.165) is 40.4 Å². The number of nitrogens with two attached hydrogens (primary N) is 1. The number of fused-ring (bicyclic) bond motifs is 1. The van der Waals surface area contributed by atoms with E-state index in [9.17, 15) is 0 Å². The molecule has 4 heteroatoms. The molecule has 3 rings (SSSR count). The van der Waals surface area contributed by atoms with Gasteiger partial charge in [-0.2, -0.15) is 0 Å². The van der Waals surface area contributed by atoms with Crippen LogP contribution in [0.25, 0.3) is 21.7 Å². The number of aromatic nitrogens is 2. The molecule has 0 unspecified atom stereocenters. The van der Waals surface area contributed by atoms with Gasteiger partial charge in [-0.25, -0.2) is 4.98 Å². The molecule has 2 aromatic heterocycles. The lowest BCUT2D eigenvalue weighted by Crippen LogP contribution is -2.00. The minimum atomic E-state index is 0.861. The first-order valence-corrected chi connectivity index (χ1v) is 7.80. The van der Waals surface area contributed by atoms with E-state index in [2.05, 4.69) is 42.0 Å². The number of nitrogens with zero attached hydrogens (tertiary/aromatic N) is 2. The lowest BCUT2D eigenvalue weighted by molar-refractivity contribution is 0.705. The minimum absolute atomic E-state index is 0.861. The number of thiophene rings is 1. The Kier molecular flexibility index (Phi) is 3.26. The lowest BCUT2D eigenvalue weighted by Gasteiger charge is -2.07. The first kappa shape index (κ1) is 13.2.